The van der Waals surface area contributed by atoms with Gasteiger partial charge in [-0.15, -0.1) is 0 Å². The van der Waals surface area contributed by atoms with Crippen molar-refractivity contribution in [3.63, 3.8) is 0 Å². The summed E-state index contributed by atoms with van der Waals surface area (Å²) in [5.74, 6) is 0.155. The summed E-state index contributed by atoms with van der Waals surface area (Å²) in [7, 11) is 0. The van der Waals surface area contributed by atoms with E-state index in [9.17, 15) is 9.90 Å². The molecular weight excluding hydrogens is 446 g/mol. The Balaban J connectivity index is 1.63. The Kier molecular flexibility index (Phi) is 5.63. The monoisotopic (exact) mass is 469 g/mol. The van der Waals surface area contributed by atoms with Crippen LogP contribution in [0.3, 0.4) is 0 Å². The Morgan fingerprint density at radius 3 is 2.56 bits per heavy atom. The third kappa shape index (κ3) is 3.84. The van der Waals surface area contributed by atoms with E-state index in [4.69, 9.17) is 16.6 Å². The van der Waals surface area contributed by atoms with E-state index in [1.54, 1.807) is 30.5 Å². The molecule has 0 unspecified atom stereocenters. The molecule has 4 aromatic rings. The van der Waals surface area contributed by atoms with Crippen molar-refractivity contribution in [3.05, 3.63) is 107 Å². The number of thiocarbonyl (C=S) groups is 1. The predicted octanol–water partition coefficient (Wildman–Crippen LogP) is 5.83. The number of hydrogen-bond donors (Lipinski definition) is 2. The molecule has 0 spiro atoms. The molecule has 2 atom stereocenters. The lowest BCUT2D eigenvalue weighted by Gasteiger charge is -2.26. The number of anilines is 1. The molecule has 34 heavy (non-hydrogen) atoms. The van der Waals surface area contributed by atoms with Gasteiger partial charge in [0.1, 0.15) is 17.6 Å². The van der Waals surface area contributed by atoms with Gasteiger partial charge in [-0.3, -0.25) is 4.98 Å². The second-order valence-corrected chi connectivity index (χ2v) is 8.70. The summed E-state index contributed by atoms with van der Waals surface area (Å²) >= 11 is 5.78. The predicted molar refractivity (Wildman–Crippen MR) is 135 cm³/mol. The number of carboxylic acids is 1. The first-order valence-electron chi connectivity index (χ1n) is 10.9. The first-order chi connectivity index (χ1) is 16.4. The Bertz CT molecular complexity index is 1380. The Morgan fingerprint density at radius 2 is 1.82 bits per heavy atom. The van der Waals surface area contributed by atoms with Gasteiger partial charge in [0.05, 0.1) is 17.3 Å². The number of hydrogen-bond acceptors (Lipinski definition) is 4. The lowest BCUT2D eigenvalue weighted by atomic mass is 10.0. The molecule has 6 nitrogen and oxygen atoms in total. The highest BCUT2D eigenvalue weighted by Crippen LogP contribution is 2.43. The molecule has 0 radical (unpaired) electrons. The SMILES string of the molecule is Cc1ccc(N2C(=S)N[C@@H](c3ccccn3)[C@H]2c2ccc(-c3ccccc3C(=O)O)o2)cc1C. The summed E-state index contributed by atoms with van der Waals surface area (Å²) < 4.78 is 6.32. The van der Waals surface area contributed by atoms with Crippen LogP contribution in [0.5, 0.6) is 0 Å². The van der Waals surface area contributed by atoms with Crippen LogP contribution in [0.15, 0.2) is 83.4 Å². The fourth-order valence-electron chi connectivity index (χ4n) is 4.34. The zero-order valence-corrected chi connectivity index (χ0v) is 19.5. The molecule has 2 aromatic heterocycles. The Hall–Kier alpha value is -3.97. The number of rotatable bonds is 5. The molecule has 1 aliphatic rings. The largest absolute Gasteiger partial charge is 0.478 e. The summed E-state index contributed by atoms with van der Waals surface area (Å²) in [6.45, 7) is 4.15. The van der Waals surface area contributed by atoms with Crippen LogP contribution >= 0.6 is 12.2 Å². The maximum absolute atomic E-state index is 11.7. The van der Waals surface area contributed by atoms with Gasteiger partial charge in [-0.05, 0) is 79.7 Å². The highest BCUT2D eigenvalue weighted by Gasteiger charge is 2.42. The number of pyridine rings is 1. The number of nitrogens with one attached hydrogen (secondary N) is 1. The molecule has 0 saturated carbocycles. The first-order valence-corrected chi connectivity index (χ1v) is 11.3. The average Bonchev–Trinajstić information content (AvgIpc) is 3.46. The van der Waals surface area contributed by atoms with Crippen molar-refractivity contribution in [2.24, 2.45) is 0 Å². The smallest absolute Gasteiger partial charge is 0.336 e. The first kappa shape index (κ1) is 21.9. The van der Waals surface area contributed by atoms with Gasteiger partial charge in [-0.2, -0.15) is 0 Å². The lowest BCUT2D eigenvalue weighted by molar-refractivity contribution is 0.0697. The van der Waals surface area contributed by atoms with Crippen LogP contribution in [0.4, 0.5) is 5.69 Å². The number of aryl methyl sites for hydroxylation is 2. The summed E-state index contributed by atoms with van der Waals surface area (Å²) in [6, 6.07) is 22.0. The van der Waals surface area contributed by atoms with Crippen LogP contribution in [0.25, 0.3) is 11.3 Å². The number of carbonyl (C=O) groups is 1. The van der Waals surface area contributed by atoms with Gasteiger partial charge in [-0.1, -0.05) is 30.3 Å². The molecule has 5 rings (SSSR count). The standard InChI is InChI=1S/C27H23N3O3S/c1-16-10-11-18(15-17(16)2)30-25(24(29-27(30)34)21-9-5-6-14-28-21)23-13-12-22(33-23)19-7-3-4-8-20(19)26(31)32/h3-15,24-25H,1-2H3,(H,29,34)(H,31,32)/t24-,25+/m0/s1. The van der Waals surface area contributed by atoms with Crippen molar-refractivity contribution in [2.75, 3.05) is 4.90 Å². The molecular formula is C27H23N3O3S. The number of benzene rings is 2. The minimum Gasteiger partial charge on any atom is -0.478 e. The summed E-state index contributed by atoms with van der Waals surface area (Å²) in [6.07, 6.45) is 1.76. The van der Waals surface area contributed by atoms with Crippen molar-refractivity contribution in [1.29, 1.82) is 0 Å². The van der Waals surface area contributed by atoms with Gasteiger partial charge in [0.15, 0.2) is 5.11 Å². The van der Waals surface area contributed by atoms with Crippen LogP contribution < -0.4 is 10.2 Å². The van der Waals surface area contributed by atoms with Gasteiger partial charge < -0.3 is 19.7 Å². The highest BCUT2D eigenvalue weighted by atomic mass is 32.1. The van der Waals surface area contributed by atoms with Gasteiger partial charge in [0.25, 0.3) is 0 Å². The minimum absolute atomic E-state index is 0.191. The second-order valence-electron chi connectivity index (χ2n) is 8.32. The summed E-state index contributed by atoms with van der Waals surface area (Å²) in [5.41, 5.74) is 4.87. The van der Waals surface area contributed by atoms with E-state index in [-0.39, 0.29) is 17.6 Å². The molecule has 1 aliphatic heterocycles. The van der Waals surface area contributed by atoms with E-state index >= 15 is 0 Å². The van der Waals surface area contributed by atoms with E-state index in [0.717, 1.165) is 16.9 Å². The number of aromatic carboxylic acids is 1. The summed E-state index contributed by atoms with van der Waals surface area (Å²) in [4.78, 5) is 18.4. The molecule has 1 fully saturated rings. The Labute approximate surface area is 202 Å². The third-order valence-electron chi connectivity index (χ3n) is 6.21. The van der Waals surface area contributed by atoms with Gasteiger partial charge in [-0.25, -0.2) is 4.79 Å². The topological polar surface area (TPSA) is 78.6 Å². The highest BCUT2D eigenvalue weighted by molar-refractivity contribution is 7.80. The molecule has 0 aliphatic carbocycles. The van der Waals surface area contributed by atoms with Crippen LogP contribution in [-0.2, 0) is 0 Å². The molecule has 2 N–H and O–H groups in total. The maximum atomic E-state index is 11.7. The quantitative estimate of drug-likeness (QED) is 0.356. The number of aromatic nitrogens is 1. The Morgan fingerprint density at radius 1 is 1.03 bits per heavy atom. The summed E-state index contributed by atoms with van der Waals surface area (Å²) in [5, 5.41) is 13.6. The van der Waals surface area contributed by atoms with E-state index in [1.165, 1.54) is 5.56 Å². The van der Waals surface area contributed by atoms with Crippen LogP contribution in [-0.4, -0.2) is 21.2 Å². The van der Waals surface area contributed by atoms with Gasteiger partial charge in [0, 0.05) is 17.4 Å². The van der Waals surface area contributed by atoms with Crippen LogP contribution in [0.1, 0.15) is 45.0 Å². The molecule has 1 saturated heterocycles. The van der Waals surface area contributed by atoms with Crippen LogP contribution in [0, 0.1) is 13.8 Å². The minimum atomic E-state index is -1.000. The lowest BCUT2D eigenvalue weighted by Crippen LogP contribution is -2.29. The molecule has 7 heteroatoms. The molecule has 2 aromatic carbocycles. The van der Waals surface area contributed by atoms with Crippen molar-refractivity contribution >= 4 is 29.0 Å². The van der Waals surface area contributed by atoms with E-state index in [2.05, 4.69) is 36.3 Å². The second kappa shape index (κ2) is 8.76. The zero-order chi connectivity index (χ0) is 23.8. The van der Waals surface area contributed by atoms with Gasteiger partial charge >= 0.3 is 5.97 Å². The number of furan rings is 1. The van der Waals surface area contributed by atoms with Crippen molar-refractivity contribution in [1.82, 2.24) is 10.3 Å². The van der Waals surface area contributed by atoms with E-state index in [1.807, 2.05) is 41.3 Å². The van der Waals surface area contributed by atoms with Gasteiger partial charge in [0.2, 0.25) is 0 Å². The van der Waals surface area contributed by atoms with E-state index < -0.39 is 5.97 Å². The van der Waals surface area contributed by atoms with Crippen LogP contribution in [0.2, 0.25) is 0 Å². The number of nitrogens with zero attached hydrogens (tertiary/aromatic N) is 2. The average molecular weight is 470 g/mol. The van der Waals surface area contributed by atoms with Crippen molar-refractivity contribution in [3.8, 4) is 11.3 Å². The molecule has 170 valence electrons. The molecule has 0 amide bonds. The number of carboxylic acid groups (broad SMARTS) is 1. The van der Waals surface area contributed by atoms with Crippen molar-refractivity contribution < 1.29 is 14.3 Å². The molecule has 0 bridgehead atoms. The maximum Gasteiger partial charge on any atom is 0.336 e. The fraction of sp³-hybridized carbons (Fsp3) is 0.148. The van der Waals surface area contributed by atoms with E-state index in [0.29, 0.717) is 22.2 Å². The fourth-order valence-corrected chi connectivity index (χ4v) is 4.68. The normalized spacial score (nSPS) is 17.6. The zero-order valence-electron chi connectivity index (χ0n) is 18.7. The van der Waals surface area contributed by atoms with Crippen molar-refractivity contribution in [2.45, 2.75) is 25.9 Å². The third-order valence-corrected chi connectivity index (χ3v) is 6.52. The molecule has 3 heterocycles.